The van der Waals surface area contributed by atoms with E-state index < -0.39 is 31.2 Å². The van der Waals surface area contributed by atoms with Crippen LogP contribution in [0.25, 0.3) is 10.8 Å². The van der Waals surface area contributed by atoms with E-state index in [1.54, 1.807) is 0 Å². The quantitative estimate of drug-likeness (QED) is 0.375. The lowest BCUT2D eigenvalue weighted by molar-refractivity contribution is -0.0499. The van der Waals surface area contributed by atoms with Gasteiger partial charge in [-0.3, -0.25) is 0 Å². The van der Waals surface area contributed by atoms with E-state index in [9.17, 15) is 30.0 Å². The van der Waals surface area contributed by atoms with Crippen molar-refractivity contribution < 1.29 is 34.2 Å². The van der Waals surface area contributed by atoms with Crippen molar-refractivity contribution in [3.63, 3.8) is 0 Å². The number of fused-ring (bicyclic) bond motifs is 1. The first kappa shape index (κ1) is 21.9. The number of hydrogen-bond acceptors (Lipinski definition) is 7. The topological polar surface area (TPSA) is 93.6 Å². The fourth-order valence-corrected chi connectivity index (χ4v) is 5.04. The largest absolute Gasteiger partial charge is 0.534 e. The van der Waals surface area contributed by atoms with Crippen LogP contribution in [-0.2, 0) is 20.0 Å². The number of nitrogens with zero attached hydrogens (tertiary/aromatic N) is 2. The molecule has 0 spiro atoms. The maximum atomic E-state index is 12.7. The van der Waals surface area contributed by atoms with Crippen LogP contribution >= 0.6 is 11.6 Å². The predicted molar refractivity (Wildman–Crippen MR) is 102 cm³/mol. The molecule has 1 aliphatic heterocycles. The highest BCUT2D eigenvalue weighted by Crippen LogP contribution is 2.41. The van der Waals surface area contributed by atoms with Gasteiger partial charge in [-0.25, -0.2) is 13.4 Å². The van der Waals surface area contributed by atoms with Gasteiger partial charge in [0, 0.05) is 47.4 Å². The van der Waals surface area contributed by atoms with Gasteiger partial charge in [0.05, 0.1) is 5.75 Å². The second kappa shape index (κ2) is 7.17. The summed E-state index contributed by atoms with van der Waals surface area (Å²) in [5, 5.41) is 0.304. The zero-order valence-corrected chi connectivity index (χ0v) is 17.5. The first-order valence-electron chi connectivity index (χ1n) is 8.23. The summed E-state index contributed by atoms with van der Waals surface area (Å²) in [5.74, 6) is -0.634. The monoisotopic (exact) mass is 472 g/mol. The molecule has 0 unspecified atom stereocenters. The Balaban J connectivity index is 2.01. The highest BCUT2D eigenvalue weighted by Gasteiger charge is 2.49. The van der Waals surface area contributed by atoms with Crippen molar-refractivity contribution in [2.24, 2.45) is 5.92 Å². The SMILES string of the molecule is C[C@@H]1[C@@H](CS(C)(=O)=O)CN1c1ccc(OS(=O)(=O)C(F)(F)F)c2cc(Cl)ncc12. The molecule has 13 heteroatoms. The van der Waals surface area contributed by atoms with Crippen LogP contribution in [0.15, 0.2) is 24.4 Å². The van der Waals surface area contributed by atoms with E-state index in [4.69, 9.17) is 11.6 Å². The fourth-order valence-electron chi connectivity index (χ4n) is 3.25. The Morgan fingerprint density at radius 1 is 1.24 bits per heavy atom. The number of alkyl halides is 3. The van der Waals surface area contributed by atoms with Crippen LogP contribution in [-0.4, -0.2) is 51.9 Å². The zero-order valence-electron chi connectivity index (χ0n) is 15.1. The Hall–Kier alpha value is -1.79. The van der Waals surface area contributed by atoms with E-state index in [2.05, 4.69) is 9.17 Å². The highest BCUT2D eigenvalue weighted by molar-refractivity contribution is 7.90. The first-order chi connectivity index (χ1) is 13.2. The number of benzene rings is 1. The third kappa shape index (κ3) is 4.38. The Labute approximate surface area is 170 Å². The van der Waals surface area contributed by atoms with E-state index in [-0.39, 0.29) is 28.3 Å². The Morgan fingerprint density at radius 2 is 1.90 bits per heavy atom. The molecule has 1 fully saturated rings. The number of anilines is 1. The lowest BCUT2D eigenvalue weighted by atomic mass is 9.90. The van der Waals surface area contributed by atoms with Crippen LogP contribution in [0.1, 0.15) is 6.92 Å². The standard InChI is InChI=1S/C16H16ClF3N2O5S2/c1-9-10(8-28(2,23)24)7-22(9)13-3-4-14(27-29(25,26)16(18,19)20)11-5-15(17)21-6-12(11)13/h3-6,9-10H,7-8H2,1-2H3/t9-,10-/m1/s1. The molecule has 2 atom stereocenters. The van der Waals surface area contributed by atoms with Crippen molar-refractivity contribution in [3.8, 4) is 5.75 Å². The van der Waals surface area contributed by atoms with Gasteiger partial charge in [-0.1, -0.05) is 11.6 Å². The minimum Gasteiger partial charge on any atom is -0.375 e. The van der Waals surface area contributed by atoms with E-state index in [0.29, 0.717) is 17.6 Å². The molecule has 0 aliphatic carbocycles. The van der Waals surface area contributed by atoms with Gasteiger partial charge in [0.2, 0.25) is 0 Å². The van der Waals surface area contributed by atoms with Gasteiger partial charge in [-0.15, -0.1) is 0 Å². The average molecular weight is 473 g/mol. The molecule has 1 aromatic carbocycles. The second-order valence-corrected chi connectivity index (χ2v) is 11.0. The van der Waals surface area contributed by atoms with Crippen molar-refractivity contribution in [1.29, 1.82) is 0 Å². The normalized spacial score (nSPS) is 20.6. The third-order valence-electron chi connectivity index (χ3n) is 4.72. The molecule has 0 saturated carbocycles. The van der Waals surface area contributed by atoms with Gasteiger partial charge in [-0.05, 0) is 25.1 Å². The Bertz CT molecular complexity index is 1170. The van der Waals surface area contributed by atoms with Crippen molar-refractivity contribution in [2.45, 2.75) is 18.5 Å². The zero-order chi connectivity index (χ0) is 21.8. The molecular weight excluding hydrogens is 457 g/mol. The lowest BCUT2D eigenvalue weighted by Gasteiger charge is -2.48. The van der Waals surface area contributed by atoms with E-state index >= 15 is 0 Å². The van der Waals surface area contributed by atoms with Crippen LogP contribution < -0.4 is 9.08 Å². The van der Waals surface area contributed by atoms with Gasteiger partial charge < -0.3 is 9.08 Å². The molecule has 0 bridgehead atoms. The molecule has 3 rings (SSSR count). The van der Waals surface area contributed by atoms with Crippen molar-refractivity contribution in [1.82, 2.24) is 4.98 Å². The molecule has 7 nitrogen and oxygen atoms in total. The van der Waals surface area contributed by atoms with Crippen LogP contribution in [0.3, 0.4) is 0 Å². The molecule has 0 radical (unpaired) electrons. The summed E-state index contributed by atoms with van der Waals surface area (Å²) < 4.78 is 88.2. The summed E-state index contributed by atoms with van der Waals surface area (Å²) in [7, 11) is -9.03. The first-order valence-corrected chi connectivity index (χ1v) is 12.1. The number of hydrogen-bond donors (Lipinski definition) is 0. The highest BCUT2D eigenvalue weighted by atomic mass is 35.5. The average Bonchev–Trinajstić information content (AvgIpc) is 2.57. The fraction of sp³-hybridized carbons (Fsp3) is 0.438. The maximum Gasteiger partial charge on any atom is 0.534 e. The second-order valence-electron chi connectivity index (χ2n) is 6.86. The molecule has 1 aromatic heterocycles. The van der Waals surface area contributed by atoms with Gasteiger partial charge in [0.25, 0.3) is 0 Å². The van der Waals surface area contributed by atoms with Gasteiger partial charge in [0.15, 0.2) is 5.75 Å². The number of sulfone groups is 1. The van der Waals surface area contributed by atoms with Crippen molar-refractivity contribution in [3.05, 3.63) is 29.5 Å². The minimum atomic E-state index is -5.86. The molecule has 1 saturated heterocycles. The summed E-state index contributed by atoms with van der Waals surface area (Å²) in [5.41, 5.74) is -5.03. The third-order valence-corrected chi connectivity index (χ3v) is 6.93. The van der Waals surface area contributed by atoms with Crippen LogP contribution in [0.5, 0.6) is 5.75 Å². The summed E-state index contributed by atoms with van der Waals surface area (Å²) in [6.07, 6.45) is 2.45. The van der Waals surface area contributed by atoms with E-state index in [1.165, 1.54) is 18.3 Å². The van der Waals surface area contributed by atoms with E-state index in [1.807, 2.05) is 11.8 Å². The predicted octanol–water partition coefficient (Wildman–Crippen LogP) is 2.99. The smallest absolute Gasteiger partial charge is 0.375 e. The molecule has 29 heavy (non-hydrogen) atoms. The Kier molecular flexibility index (Phi) is 5.41. The summed E-state index contributed by atoms with van der Waals surface area (Å²) in [4.78, 5) is 5.77. The van der Waals surface area contributed by atoms with Gasteiger partial charge in [0.1, 0.15) is 15.0 Å². The number of pyridine rings is 1. The molecule has 0 N–H and O–H groups in total. The molecule has 0 amide bonds. The number of halogens is 4. The minimum absolute atomic E-state index is 0.0116. The number of aromatic nitrogens is 1. The molecule has 160 valence electrons. The molecule has 1 aliphatic rings. The van der Waals surface area contributed by atoms with Crippen LogP contribution in [0.2, 0.25) is 5.15 Å². The molecular formula is C16H16ClF3N2O5S2. The van der Waals surface area contributed by atoms with Crippen LogP contribution in [0, 0.1) is 5.92 Å². The summed E-state index contributed by atoms with van der Waals surface area (Å²) in [6, 6.07) is 3.56. The summed E-state index contributed by atoms with van der Waals surface area (Å²) in [6.45, 7) is 2.24. The Morgan fingerprint density at radius 3 is 2.45 bits per heavy atom. The summed E-state index contributed by atoms with van der Waals surface area (Å²) >= 11 is 5.84. The number of rotatable bonds is 5. The van der Waals surface area contributed by atoms with Crippen LogP contribution in [0.4, 0.5) is 18.9 Å². The molecule has 2 heterocycles. The van der Waals surface area contributed by atoms with Gasteiger partial charge >= 0.3 is 15.6 Å². The molecule has 2 aromatic rings. The van der Waals surface area contributed by atoms with Crippen molar-refractivity contribution >= 4 is 48.0 Å². The lowest BCUT2D eigenvalue weighted by Crippen LogP contribution is -2.57. The van der Waals surface area contributed by atoms with E-state index in [0.717, 1.165) is 12.3 Å². The maximum absolute atomic E-state index is 12.7. The van der Waals surface area contributed by atoms with Gasteiger partial charge in [-0.2, -0.15) is 21.6 Å². The van der Waals surface area contributed by atoms with Crippen molar-refractivity contribution in [2.75, 3.05) is 23.5 Å².